The second-order valence-electron chi connectivity index (χ2n) is 7.14. The van der Waals surface area contributed by atoms with E-state index in [1.165, 1.54) is 25.7 Å². The Hall–Kier alpha value is -0.120. The van der Waals surface area contributed by atoms with Crippen LogP contribution in [0, 0.1) is 5.92 Å². The lowest BCUT2D eigenvalue weighted by Crippen LogP contribution is -2.47. The average molecular weight is 269 g/mol. The molecule has 0 aromatic rings. The summed E-state index contributed by atoms with van der Waals surface area (Å²) in [4.78, 5) is 0. The smallest absolute Gasteiger partial charge is 0.0686 e. The van der Waals surface area contributed by atoms with Crippen LogP contribution in [0.4, 0.5) is 0 Å². The summed E-state index contributed by atoms with van der Waals surface area (Å²) in [7, 11) is 0. The first-order valence-electron chi connectivity index (χ1n) is 8.03. The van der Waals surface area contributed by atoms with Crippen molar-refractivity contribution in [1.82, 2.24) is 5.32 Å². The number of rotatable bonds is 5. The molecule has 112 valence electrons. The lowest BCUT2D eigenvalue weighted by Gasteiger charge is -2.44. The monoisotopic (exact) mass is 269 g/mol. The van der Waals surface area contributed by atoms with Gasteiger partial charge in [0, 0.05) is 12.6 Å². The summed E-state index contributed by atoms with van der Waals surface area (Å²) in [5.41, 5.74) is -0.445. The lowest BCUT2D eigenvalue weighted by atomic mass is 9.74. The molecule has 1 heterocycles. The molecule has 3 nitrogen and oxygen atoms in total. The van der Waals surface area contributed by atoms with Crippen molar-refractivity contribution >= 4 is 0 Å². The van der Waals surface area contributed by atoms with Gasteiger partial charge in [-0.25, -0.2) is 0 Å². The molecular formula is C16H31NO2. The highest BCUT2D eigenvalue weighted by Crippen LogP contribution is 2.45. The number of hydrogen-bond donors (Lipinski definition) is 2. The first kappa shape index (κ1) is 15.3. The van der Waals surface area contributed by atoms with Gasteiger partial charge in [-0.05, 0) is 51.5 Å². The van der Waals surface area contributed by atoms with Crippen LogP contribution in [0.5, 0.6) is 0 Å². The van der Waals surface area contributed by atoms with Crippen molar-refractivity contribution in [2.45, 2.75) is 83.0 Å². The molecule has 1 aliphatic carbocycles. The molecule has 0 radical (unpaired) electrons. The number of hydrogen-bond acceptors (Lipinski definition) is 3. The van der Waals surface area contributed by atoms with Gasteiger partial charge in [0.1, 0.15) is 0 Å². The fourth-order valence-electron chi connectivity index (χ4n) is 3.74. The van der Waals surface area contributed by atoms with Gasteiger partial charge in [-0.3, -0.25) is 0 Å². The molecular weight excluding hydrogens is 238 g/mol. The molecule has 1 saturated carbocycles. The predicted octanol–water partition coefficient (Wildman–Crippen LogP) is 2.86. The van der Waals surface area contributed by atoms with E-state index in [0.717, 1.165) is 32.4 Å². The van der Waals surface area contributed by atoms with Crippen molar-refractivity contribution in [2.75, 3.05) is 13.2 Å². The highest BCUT2D eigenvalue weighted by Gasteiger charge is 2.44. The molecule has 0 aromatic heterocycles. The van der Waals surface area contributed by atoms with Gasteiger partial charge < -0.3 is 15.2 Å². The summed E-state index contributed by atoms with van der Waals surface area (Å²) in [5.74, 6) is 0.397. The second-order valence-corrected chi connectivity index (χ2v) is 7.14. The maximum absolute atomic E-state index is 10.8. The Labute approximate surface area is 118 Å². The first-order chi connectivity index (χ1) is 8.94. The molecule has 1 aliphatic heterocycles. The molecule has 2 rings (SSSR count). The Morgan fingerprint density at radius 3 is 2.68 bits per heavy atom. The third-order valence-corrected chi connectivity index (χ3v) is 5.07. The summed E-state index contributed by atoms with van der Waals surface area (Å²) < 4.78 is 6.07. The standard InChI is InChI=1S/C16H31NO2/c1-13(2)17-10-9-15(3,18)14-6-11-19-16(12-14)7-4-5-8-16/h13-14,17-18H,4-12H2,1-3H3. The van der Waals surface area contributed by atoms with Gasteiger partial charge in [-0.1, -0.05) is 26.7 Å². The molecule has 2 aliphatic rings. The van der Waals surface area contributed by atoms with Gasteiger partial charge in [0.05, 0.1) is 11.2 Å². The zero-order chi connectivity index (χ0) is 13.9. The van der Waals surface area contributed by atoms with Crippen LogP contribution < -0.4 is 5.32 Å². The lowest BCUT2D eigenvalue weighted by molar-refractivity contribution is -0.137. The van der Waals surface area contributed by atoms with Gasteiger partial charge in [0.15, 0.2) is 0 Å². The molecule has 1 spiro atoms. The van der Waals surface area contributed by atoms with Crippen molar-refractivity contribution in [1.29, 1.82) is 0 Å². The zero-order valence-electron chi connectivity index (χ0n) is 12.9. The van der Waals surface area contributed by atoms with Crippen LogP contribution in [0.15, 0.2) is 0 Å². The molecule has 0 bridgehead atoms. The SMILES string of the molecule is CC(C)NCCC(C)(O)C1CCOC2(CCCC2)C1. The average Bonchev–Trinajstić information content (AvgIpc) is 2.76. The van der Waals surface area contributed by atoms with Crippen LogP contribution >= 0.6 is 0 Å². The van der Waals surface area contributed by atoms with Crippen molar-refractivity contribution in [3.05, 3.63) is 0 Å². The molecule has 19 heavy (non-hydrogen) atoms. The minimum atomic E-state index is -0.554. The van der Waals surface area contributed by atoms with E-state index in [-0.39, 0.29) is 5.60 Å². The third kappa shape index (κ3) is 3.93. The third-order valence-electron chi connectivity index (χ3n) is 5.07. The van der Waals surface area contributed by atoms with E-state index >= 15 is 0 Å². The van der Waals surface area contributed by atoms with Gasteiger partial charge in [0.2, 0.25) is 0 Å². The largest absolute Gasteiger partial charge is 0.390 e. The van der Waals surface area contributed by atoms with E-state index in [0.29, 0.717) is 12.0 Å². The van der Waals surface area contributed by atoms with Crippen LogP contribution in [-0.2, 0) is 4.74 Å². The Bertz CT molecular complexity index is 282. The van der Waals surface area contributed by atoms with Crippen molar-refractivity contribution in [3.63, 3.8) is 0 Å². The minimum absolute atomic E-state index is 0.110. The van der Waals surface area contributed by atoms with E-state index < -0.39 is 5.60 Å². The van der Waals surface area contributed by atoms with E-state index in [4.69, 9.17) is 4.74 Å². The maximum Gasteiger partial charge on any atom is 0.0686 e. The molecule has 2 N–H and O–H groups in total. The van der Waals surface area contributed by atoms with Gasteiger partial charge in [-0.15, -0.1) is 0 Å². The molecule has 2 unspecified atom stereocenters. The summed E-state index contributed by atoms with van der Waals surface area (Å²) in [5, 5.41) is 14.2. The highest BCUT2D eigenvalue weighted by molar-refractivity contribution is 4.96. The van der Waals surface area contributed by atoms with Gasteiger partial charge in [0.25, 0.3) is 0 Å². The number of ether oxygens (including phenoxy) is 1. The first-order valence-corrected chi connectivity index (χ1v) is 8.03. The Morgan fingerprint density at radius 2 is 2.05 bits per heavy atom. The summed E-state index contributed by atoms with van der Waals surface area (Å²) in [6.45, 7) is 8.05. The number of nitrogens with one attached hydrogen (secondary N) is 1. The van der Waals surface area contributed by atoms with Crippen molar-refractivity contribution in [3.8, 4) is 0 Å². The fraction of sp³-hybridized carbons (Fsp3) is 1.00. The van der Waals surface area contributed by atoms with Crippen LogP contribution in [-0.4, -0.2) is 35.5 Å². The van der Waals surface area contributed by atoms with E-state index in [1.54, 1.807) is 0 Å². The van der Waals surface area contributed by atoms with Crippen LogP contribution in [0.1, 0.15) is 65.7 Å². The van der Waals surface area contributed by atoms with Gasteiger partial charge in [-0.2, -0.15) is 0 Å². The quantitative estimate of drug-likeness (QED) is 0.806. The topological polar surface area (TPSA) is 41.5 Å². The molecule has 2 atom stereocenters. The Morgan fingerprint density at radius 1 is 1.37 bits per heavy atom. The molecule has 2 fully saturated rings. The molecule has 3 heteroatoms. The zero-order valence-corrected chi connectivity index (χ0v) is 12.9. The van der Waals surface area contributed by atoms with Crippen LogP contribution in [0.2, 0.25) is 0 Å². The summed E-state index contributed by atoms with van der Waals surface area (Å²) >= 11 is 0. The highest BCUT2D eigenvalue weighted by atomic mass is 16.5. The minimum Gasteiger partial charge on any atom is -0.390 e. The summed E-state index contributed by atoms with van der Waals surface area (Å²) in [6.07, 6.45) is 7.89. The normalized spacial score (nSPS) is 29.8. The summed E-state index contributed by atoms with van der Waals surface area (Å²) in [6, 6.07) is 0.492. The van der Waals surface area contributed by atoms with E-state index in [9.17, 15) is 5.11 Å². The van der Waals surface area contributed by atoms with Crippen molar-refractivity contribution in [2.24, 2.45) is 5.92 Å². The van der Waals surface area contributed by atoms with Crippen LogP contribution in [0.25, 0.3) is 0 Å². The molecule has 1 saturated heterocycles. The second kappa shape index (κ2) is 6.11. The van der Waals surface area contributed by atoms with Gasteiger partial charge >= 0.3 is 0 Å². The molecule has 0 aromatic carbocycles. The fourth-order valence-corrected chi connectivity index (χ4v) is 3.74. The predicted molar refractivity (Wildman–Crippen MR) is 78.3 cm³/mol. The number of aliphatic hydroxyl groups is 1. The maximum atomic E-state index is 10.8. The Balaban J connectivity index is 1.88. The van der Waals surface area contributed by atoms with Crippen molar-refractivity contribution < 1.29 is 9.84 Å². The van der Waals surface area contributed by atoms with E-state index in [2.05, 4.69) is 19.2 Å². The molecule has 0 amide bonds. The van der Waals surface area contributed by atoms with E-state index in [1.807, 2.05) is 6.92 Å². The van der Waals surface area contributed by atoms with Crippen LogP contribution in [0.3, 0.4) is 0 Å². The Kier molecular flexibility index (Phi) is 4.91.